The van der Waals surface area contributed by atoms with Crippen LogP contribution < -0.4 is 5.32 Å². The molecule has 3 aromatic rings. The lowest BCUT2D eigenvalue weighted by molar-refractivity contribution is -0.140. The van der Waals surface area contributed by atoms with Crippen molar-refractivity contribution in [1.82, 2.24) is 5.16 Å². The summed E-state index contributed by atoms with van der Waals surface area (Å²) >= 11 is 0. The van der Waals surface area contributed by atoms with E-state index in [0.717, 1.165) is 35.1 Å². The van der Waals surface area contributed by atoms with Crippen LogP contribution in [0.15, 0.2) is 53.1 Å². The monoisotopic (exact) mass is 432 g/mol. The summed E-state index contributed by atoms with van der Waals surface area (Å²) in [6, 6.07) is 15.4. The van der Waals surface area contributed by atoms with Gasteiger partial charge in [-0.2, -0.15) is 0 Å². The van der Waals surface area contributed by atoms with Crippen LogP contribution in [0.2, 0.25) is 0 Å². The van der Waals surface area contributed by atoms with E-state index in [1.54, 1.807) is 6.92 Å². The second kappa shape index (κ2) is 7.82. The molecule has 7 nitrogen and oxygen atoms in total. The summed E-state index contributed by atoms with van der Waals surface area (Å²) in [6.07, 6.45) is 3.10. The Morgan fingerprint density at radius 3 is 2.22 bits per heavy atom. The number of carboxylic acids is 1. The zero-order chi connectivity index (χ0) is 22.3. The predicted octanol–water partition coefficient (Wildman–Crippen LogP) is 5.39. The highest BCUT2D eigenvalue weighted by atomic mass is 16.5. The number of aliphatic carboxylic acids is 1. The fraction of sp³-hybridized carbons (Fsp3) is 0.320. The average molecular weight is 432 g/mol. The summed E-state index contributed by atoms with van der Waals surface area (Å²) in [5.41, 5.74) is 4.02. The van der Waals surface area contributed by atoms with Gasteiger partial charge in [-0.1, -0.05) is 53.7 Å². The van der Waals surface area contributed by atoms with E-state index in [9.17, 15) is 14.7 Å². The topological polar surface area (TPSA) is 102 Å². The fourth-order valence-corrected chi connectivity index (χ4v) is 3.88. The molecule has 0 unspecified atom stereocenters. The number of aryl methyl sites for hydroxylation is 1. The standard InChI is InChI=1S/C25H24N2O5/c1-15-21(26-24(30)31-14-16-2-3-16)22(32-27-15)19-6-4-17(5-7-19)18-8-10-20(11-9-18)25(12-13-25)23(28)29/h4-11,16H,2-3,12-14H2,1H3,(H,26,30)(H,28,29). The molecule has 1 aromatic heterocycles. The van der Waals surface area contributed by atoms with E-state index in [4.69, 9.17) is 9.26 Å². The molecular weight excluding hydrogens is 408 g/mol. The van der Waals surface area contributed by atoms with Crippen LogP contribution in [0.5, 0.6) is 0 Å². The number of aromatic nitrogens is 1. The fourth-order valence-electron chi connectivity index (χ4n) is 3.88. The number of anilines is 1. The van der Waals surface area contributed by atoms with Gasteiger partial charge in [0.15, 0.2) is 5.76 Å². The first-order valence-corrected chi connectivity index (χ1v) is 10.8. The van der Waals surface area contributed by atoms with E-state index in [1.165, 1.54) is 0 Å². The third-order valence-corrected chi connectivity index (χ3v) is 6.31. The second-order valence-electron chi connectivity index (χ2n) is 8.68. The van der Waals surface area contributed by atoms with Crippen molar-refractivity contribution in [3.63, 3.8) is 0 Å². The van der Waals surface area contributed by atoms with E-state index < -0.39 is 17.5 Å². The van der Waals surface area contributed by atoms with E-state index >= 15 is 0 Å². The van der Waals surface area contributed by atoms with Crippen LogP contribution in [0.1, 0.15) is 36.9 Å². The Morgan fingerprint density at radius 1 is 1.06 bits per heavy atom. The summed E-state index contributed by atoms with van der Waals surface area (Å²) in [5, 5.41) is 16.2. The van der Waals surface area contributed by atoms with E-state index in [-0.39, 0.29) is 0 Å². The van der Waals surface area contributed by atoms with Gasteiger partial charge in [0.2, 0.25) is 0 Å². The minimum atomic E-state index is -0.752. The van der Waals surface area contributed by atoms with Gasteiger partial charge in [-0.15, -0.1) is 0 Å². The van der Waals surface area contributed by atoms with Gasteiger partial charge in [0.1, 0.15) is 11.4 Å². The van der Waals surface area contributed by atoms with Crippen molar-refractivity contribution < 1.29 is 24.0 Å². The molecular formula is C25H24N2O5. The van der Waals surface area contributed by atoms with Crippen molar-refractivity contribution in [3.05, 3.63) is 59.8 Å². The highest BCUT2D eigenvalue weighted by Gasteiger charge is 2.51. The third kappa shape index (κ3) is 3.86. The molecule has 2 aliphatic rings. The third-order valence-electron chi connectivity index (χ3n) is 6.31. The number of hydrogen-bond acceptors (Lipinski definition) is 5. The molecule has 0 bridgehead atoms. The average Bonchev–Trinajstić information content (AvgIpc) is 3.72. The molecule has 1 amide bonds. The molecule has 5 rings (SSSR count). The van der Waals surface area contributed by atoms with Crippen molar-refractivity contribution in [2.75, 3.05) is 11.9 Å². The Hall–Kier alpha value is -3.61. The highest BCUT2D eigenvalue weighted by molar-refractivity contribution is 5.91. The molecule has 2 aliphatic carbocycles. The lowest BCUT2D eigenvalue weighted by atomic mass is 9.93. The SMILES string of the molecule is Cc1noc(-c2ccc(-c3ccc(C4(C(=O)O)CC4)cc3)cc2)c1NC(=O)OCC1CC1. The number of rotatable bonds is 7. The summed E-state index contributed by atoms with van der Waals surface area (Å²) in [7, 11) is 0. The summed E-state index contributed by atoms with van der Waals surface area (Å²) < 4.78 is 10.7. The van der Waals surface area contributed by atoms with Crippen molar-refractivity contribution >= 4 is 17.7 Å². The van der Waals surface area contributed by atoms with Gasteiger partial charge in [-0.3, -0.25) is 10.1 Å². The van der Waals surface area contributed by atoms with E-state index in [1.807, 2.05) is 48.5 Å². The Balaban J connectivity index is 1.32. The first-order valence-electron chi connectivity index (χ1n) is 10.8. The highest BCUT2D eigenvalue weighted by Crippen LogP contribution is 2.48. The van der Waals surface area contributed by atoms with E-state index in [2.05, 4.69) is 10.5 Å². The largest absolute Gasteiger partial charge is 0.481 e. The van der Waals surface area contributed by atoms with Crippen molar-refractivity contribution in [2.24, 2.45) is 5.92 Å². The molecule has 2 aromatic carbocycles. The van der Waals surface area contributed by atoms with Gasteiger partial charge in [0.25, 0.3) is 0 Å². The molecule has 7 heteroatoms. The maximum absolute atomic E-state index is 12.1. The number of carbonyl (C=O) groups is 2. The zero-order valence-corrected chi connectivity index (χ0v) is 17.8. The number of nitrogens with one attached hydrogen (secondary N) is 1. The van der Waals surface area contributed by atoms with Gasteiger partial charge in [0.05, 0.1) is 12.0 Å². The number of carbonyl (C=O) groups excluding carboxylic acids is 1. The Morgan fingerprint density at radius 2 is 1.66 bits per heavy atom. The second-order valence-corrected chi connectivity index (χ2v) is 8.68. The number of ether oxygens (including phenoxy) is 1. The van der Waals surface area contributed by atoms with Gasteiger partial charge >= 0.3 is 12.1 Å². The molecule has 32 heavy (non-hydrogen) atoms. The van der Waals surface area contributed by atoms with Gasteiger partial charge < -0.3 is 14.4 Å². The van der Waals surface area contributed by atoms with Gasteiger partial charge in [-0.25, -0.2) is 4.79 Å². The minimum absolute atomic E-state index is 0.437. The summed E-state index contributed by atoms with van der Waals surface area (Å²) in [5.74, 6) is 0.215. The molecule has 2 N–H and O–H groups in total. The smallest absolute Gasteiger partial charge is 0.411 e. The van der Waals surface area contributed by atoms with Crippen LogP contribution in [0.3, 0.4) is 0 Å². The Kier molecular flexibility index (Phi) is 4.96. The van der Waals surface area contributed by atoms with Crippen LogP contribution in [0, 0.1) is 12.8 Å². The predicted molar refractivity (Wildman–Crippen MR) is 118 cm³/mol. The molecule has 164 valence electrons. The maximum atomic E-state index is 12.1. The van der Waals surface area contributed by atoms with Gasteiger partial charge in [0, 0.05) is 5.56 Å². The van der Waals surface area contributed by atoms with Crippen LogP contribution in [-0.4, -0.2) is 28.9 Å². The lowest BCUT2D eigenvalue weighted by Crippen LogP contribution is -2.19. The van der Waals surface area contributed by atoms with Crippen LogP contribution in [-0.2, 0) is 14.9 Å². The Bertz CT molecular complexity index is 1160. The van der Waals surface area contributed by atoms with E-state index in [0.29, 0.717) is 42.5 Å². The number of benzene rings is 2. The first-order chi connectivity index (χ1) is 15.5. The number of nitrogens with zero attached hydrogens (tertiary/aromatic N) is 1. The van der Waals surface area contributed by atoms with Crippen LogP contribution in [0.25, 0.3) is 22.5 Å². The van der Waals surface area contributed by atoms with Crippen LogP contribution in [0.4, 0.5) is 10.5 Å². The molecule has 0 spiro atoms. The molecule has 0 aliphatic heterocycles. The molecule has 2 saturated carbocycles. The quantitative estimate of drug-likeness (QED) is 0.519. The van der Waals surface area contributed by atoms with Gasteiger partial charge in [-0.05, 0) is 55.2 Å². The van der Waals surface area contributed by atoms with Crippen molar-refractivity contribution in [1.29, 1.82) is 0 Å². The van der Waals surface area contributed by atoms with Crippen LogP contribution >= 0.6 is 0 Å². The Labute approximate surface area is 185 Å². The summed E-state index contributed by atoms with van der Waals surface area (Å²) in [6.45, 7) is 2.20. The zero-order valence-electron chi connectivity index (χ0n) is 17.8. The number of carboxylic acid groups (broad SMARTS) is 1. The van der Waals surface area contributed by atoms with Crippen molar-refractivity contribution in [3.8, 4) is 22.5 Å². The molecule has 0 atom stereocenters. The van der Waals surface area contributed by atoms with Crippen molar-refractivity contribution in [2.45, 2.75) is 38.0 Å². The molecule has 1 heterocycles. The summed E-state index contributed by atoms with van der Waals surface area (Å²) in [4.78, 5) is 23.7. The lowest BCUT2D eigenvalue weighted by Gasteiger charge is -2.11. The number of hydrogen-bond donors (Lipinski definition) is 2. The number of amides is 1. The normalized spacial score (nSPS) is 16.4. The molecule has 0 saturated heterocycles. The molecule has 2 fully saturated rings. The minimum Gasteiger partial charge on any atom is -0.481 e. The first kappa shape index (κ1) is 20.3. The maximum Gasteiger partial charge on any atom is 0.411 e. The molecule has 0 radical (unpaired) electrons.